The molecule has 2 atom stereocenters. The Kier molecular flexibility index (Phi) is 5.20. The van der Waals surface area contributed by atoms with Gasteiger partial charge in [-0.1, -0.05) is 39.8 Å². The zero-order valence-corrected chi connectivity index (χ0v) is 14.3. The molecule has 0 aliphatic heterocycles. The molecule has 0 aliphatic carbocycles. The van der Waals surface area contributed by atoms with Crippen molar-refractivity contribution < 1.29 is 17.9 Å². The van der Waals surface area contributed by atoms with Crippen LogP contribution in [0.4, 0.5) is 0 Å². The molecule has 0 spiro atoms. The summed E-state index contributed by atoms with van der Waals surface area (Å²) in [6, 6.07) is 6.86. The highest BCUT2D eigenvalue weighted by Crippen LogP contribution is 2.26. The van der Waals surface area contributed by atoms with Gasteiger partial charge in [-0.25, -0.2) is 8.42 Å². The summed E-state index contributed by atoms with van der Waals surface area (Å²) in [5.74, 6) is -1.22. The van der Waals surface area contributed by atoms with Crippen molar-refractivity contribution in [1.29, 1.82) is 0 Å². The number of carbonyl (C=O) groups is 1. The van der Waals surface area contributed by atoms with Crippen molar-refractivity contribution in [3.63, 3.8) is 0 Å². The molecule has 0 amide bonds. The van der Waals surface area contributed by atoms with Crippen molar-refractivity contribution in [3.8, 4) is 0 Å². The Morgan fingerprint density at radius 1 is 1.10 bits per heavy atom. The minimum Gasteiger partial charge on any atom is -0.469 e. The molecule has 0 N–H and O–H groups in total. The van der Waals surface area contributed by atoms with E-state index in [0.29, 0.717) is 0 Å². The molecule has 1 aromatic carbocycles. The van der Waals surface area contributed by atoms with Gasteiger partial charge in [0.15, 0.2) is 9.84 Å². The molecule has 0 fully saturated rings. The second kappa shape index (κ2) is 6.18. The van der Waals surface area contributed by atoms with E-state index in [4.69, 9.17) is 0 Å². The van der Waals surface area contributed by atoms with Gasteiger partial charge in [0.05, 0.1) is 23.2 Å². The summed E-state index contributed by atoms with van der Waals surface area (Å²) in [5.41, 5.74) is 1.03. The quantitative estimate of drug-likeness (QED) is 0.802. The maximum Gasteiger partial charge on any atom is 0.309 e. The fourth-order valence-electron chi connectivity index (χ4n) is 2.01. The largest absolute Gasteiger partial charge is 0.469 e. The minimum absolute atomic E-state index is 0.0345. The number of methoxy groups -OCH3 is 1. The third-order valence-corrected chi connectivity index (χ3v) is 6.13. The number of sulfone groups is 1. The summed E-state index contributed by atoms with van der Waals surface area (Å²) in [7, 11) is -2.30. The van der Waals surface area contributed by atoms with Gasteiger partial charge in [-0.05, 0) is 30.0 Å². The molecule has 5 heteroatoms. The van der Waals surface area contributed by atoms with Gasteiger partial charge in [0.25, 0.3) is 0 Å². The Balaban J connectivity index is 3.11. The predicted octanol–water partition coefficient (Wildman–Crippen LogP) is 2.96. The van der Waals surface area contributed by atoms with Crippen molar-refractivity contribution in [2.75, 3.05) is 7.11 Å². The van der Waals surface area contributed by atoms with Gasteiger partial charge >= 0.3 is 5.97 Å². The van der Waals surface area contributed by atoms with Gasteiger partial charge in [0.2, 0.25) is 0 Å². The van der Waals surface area contributed by atoms with E-state index in [1.807, 2.05) is 12.1 Å². The second-order valence-electron chi connectivity index (χ2n) is 6.34. The van der Waals surface area contributed by atoms with Gasteiger partial charge in [-0.3, -0.25) is 4.79 Å². The van der Waals surface area contributed by atoms with E-state index in [9.17, 15) is 13.2 Å². The van der Waals surface area contributed by atoms with Crippen LogP contribution in [-0.2, 0) is 24.8 Å². The molecular formula is C16H24O4S. The maximum atomic E-state index is 12.5. The Labute approximate surface area is 127 Å². The summed E-state index contributed by atoms with van der Waals surface area (Å²) < 4.78 is 29.7. The number of esters is 1. The van der Waals surface area contributed by atoms with Crippen LogP contribution >= 0.6 is 0 Å². The van der Waals surface area contributed by atoms with E-state index in [2.05, 4.69) is 25.5 Å². The topological polar surface area (TPSA) is 60.4 Å². The molecule has 0 aliphatic rings. The van der Waals surface area contributed by atoms with Crippen LogP contribution in [0.2, 0.25) is 0 Å². The van der Waals surface area contributed by atoms with Crippen LogP contribution in [0.1, 0.15) is 40.2 Å². The van der Waals surface area contributed by atoms with Crippen LogP contribution in [0.5, 0.6) is 0 Å². The highest BCUT2D eigenvalue weighted by molar-refractivity contribution is 7.92. The van der Waals surface area contributed by atoms with E-state index in [1.165, 1.54) is 14.0 Å². The average molecular weight is 312 g/mol. The van der Waals surface area contributed by atoms with E-state index in [1.54, 1.807) is 19.1 Å². The Bertz CT molecular complexity index is 594. The summed E-state index contributed by atoms with van der Waals surface area (Å²) in [6.07, 6.45) is 0. The van der Waals surface area contributed by atoms with Crippen LogP contribution < -0.4 is 0 Å². The maximum absolute atomic E-state index is 12.5. The summed E-state index contributed by atoms with van der Waals surface area (Å²) >= 11 is 0. The standard InChI is InChI=1S/C16H24O4S/c1-11(15(17)20-6)12(2)21(18,19)14-9-7-13(8-10-14)16(3,4)5/h7-12H,1-6H3. The molecule has 2 unspecified atom stereocenters. The van der Waals surface area contributed by atoms with Gasteiger partial charge in [0.1, 0.15) is 0 Å². The van der Waals surface area contributed by atoms with Crippen LogP contribution in [-0.4, -0.2) is 26.7 Å². The molecular weight excluding hydrogens is 288 g/mol. The van der Waals surface area contributed by atoms with E-state index < -0.39 is 27.0 Å². The zero-order valence-electron chi connectivity index (χ0n) is 13.5. The molecule has 21 heavy (non-hydrogen) atoms. The lowest BCUT2D eigenvalue weighted by molar-refractivity contribution is -0.144. The zero-order chi connectivity index (χ0) is 16.4. The van der Waals surface area contributed by atoms with Gasteiger partial charge < -0.3 is 4.74 Å². The Morgan fingerprint density at radius 2 is 1.57 bits per heavy atom. The fraction of sp³-hybridized carbons (Fsp3) is 0.562. The van der Waals surface area contributed by atoms with Crippen molar-refractivity contribution in [2.24, 2.45) is 5.92 Å². The van der Waals surface area contributed by atoms with Crippen molar-refractivity contribution in [2.45, 2.75) is 50.2 Å². The first-order chi connectivity index (χ1) is 9.51. The second-order valence-corrected chi connectivity index (χ2v) is 8.64. The Morgan fingerprint density at radius 3 is 1.95 bits per heavy atom. The smallest absolute Gasteiger partial charge is 0.309 e. The summed E-state index contributed by atoms with van der Waals surface area (Å²) in [4.78, 5) is 11.8. The van der Waals surface area contributed by atoms with Crippen LogP contribution in [0.25, 0.3) is 0 Å². The molecule has 0 aromatic heterocycles. The van der Waals surface area contributed by atoms with Crippen molar-refractivity contribution in [3.05, 3.63) is 29.8 Å². The molecule has 0 heterocycles. The average Bonchev–Trinajstić information content (AvgIpc) is 2.43. The number of benzene rings is 1. The van der Waals surface area contributed by atoms with Crippen molar-refractivity contribution >= 4 is 15.8 Å². The lowest BCUT2D eigenvalue weighted by atomic mass is 9.87. The van der Waals surface area contributed by atoms with Gasteiger partial charge in [0, 0.05) is 0 Å². The molecule has 0 radical (unpaired) electrons. The van der Waals surface area contributed by atoms with E-state index in [-0.39, 0.29) is 10.3 Å². The Hall–Kier alpha value is -1.36. The molecule has 1 rings (SSSR count). The monoisotopic (exact) mass is 312 g/mol. The first-order valence-electron chi connectivity index (χ1n) is 6.94. The number of hydrogen-bond donors (Lipinski definition) is 0. The normalized spacial score (nSPS) is 15.3. The predicted molar refractivity (Wildman–Crippen MR) is 83.0 cm³/mol. The number of carbonyl (C=O) groups excluding carboxylic acids is 1. The number of rotatable bonds is 4. The highest BCUT2D eigenvalue weighted by atomic mass is 32.2. The number of ether oxygens (including phenoxy) is 1. The third-order valence-electron chi connectivity index (χ3n) is 3.82. The molecule has 1 aromatic rings. The van der Waals surface area contributed by atoms with Gasteiger partial charge in [-0.15, -0.1) is 0 Å². The lowest BCUT2D eigenvalue weighted by Gasteiger charge is -2.21. The fourth-order valence-corrected chi connectivity index (χ4v) is 3.60. The van der Waals surface area contributed by atoms with Crippen LogP contribution in [0.3, 0.4) is 0 Å². The molecule has 0 saturated carbocycles. The minimum atomic E-state index is -3.56. The molecule has 118 valence electrons. The van der Waals surface area contributed by atoms with Crippen LogP contribution in [0.15, 0.2) is 29.2 Å². The molecule has 0 saturated heterocycles. The van der Waals surface area contributed by atoms with E-state index in [0.717, 1.165) is 5.56 Å². The first-order valence-corrected chi connectivity index (χ1v) is 8.48. The van der Waals surface area contributed by atoms with Crippen molar-refractivity contribution in [1.82, 2.24) is 0 Å². The van der Waals surface area contributed by atoms with Crippen LogP contribution in [0, 0.1) is 5.92 Å². The van der Waals surface area contributed by atoms with E-state index >= 15 is 0 Å². The molecule has 4 nitrogen and oxygen atoms in total. The highest BCUT2D eigenvalue weighted by Gasteiger charge is 2.33. The number of hydrogen-bond acceptors (Lipinski definition) is 4. The van der Waals surface area contributed by atoms with Gasteiger partial charge in [-0.2, -0.15) is 0 Å². The lowest BCUT2D eigenvalue weighted by Crippen LogP contribution is -2.31. The SMILES string of the molecule is COC(=O)C(C)C(C)S(=O)(=O)c1ccc(C(C)(C)C)cc1. The summed E-state index contributed by atoms with van der Waals surface area (Å²) in [6.45, 7) is 9.31. The molecule has 0 bridgehead atoms. The summed E-state index contributed by atoms with van der Waals surface area (Å²) in [5, 5.41) is -0.828. The first kappa shape index (κ1) is 17.7. The third kappa shape index (κ3) is 3.84.